The number of hydrogen-bond donors (Lipinski definition) is 0. The molecule has 0 unspecified atom stereocenters. The van der Waals surface area contributed by atoms with Crippen LogP contribution in [0.3, 0.4) is 0 Å². The van der Waals surface area contributed by atoms with Gasteiger partial charge in [0.2, 0.25) is 0 Å². The Hall–Kier alpha value is 0.00870. The van der Waals surface area contributed by atoms with Crippen LogP contribution in [-0.2, 0) is 7.87 Å². The molecule has 0 saturated heterocycles. The van der Waals surface area contributed by atoms with E-state index in [1.165, 1.54) is 6.08 Å². The van der Waals surface area contributed by atoms with Crippen molar-refractivity contribution in [3.8, 4) is 0 Å². The van der Waals surface area contributed by atoms with Crippen molar-refractivity contribution >= 4 is 24.8 Å². The molecule has 0 radical (unpaired) electrons. The first-order chi connectivity index (χ1) is 7.14. The Labute approximate surface area is 98.5 Å². The second kappa shape index (κ2) is 8.19. The summed E-state index contributed by atoms with van der Waals surface area (Å²) in [6.45, 7) is 10.0. The third kappa shape index (κ3) is 5.59. The molecule has 88 valence electrons. The summed E-state index contributed by atoms with van der Waals surface area (Å²) in [6, 6.07) is 0. The van der Waals surface area contributed by atoms with Crippen molar-refractivity contribution in [2.75, 3.05) is 0 Å². The van der Waals surface area contributed by atoms with Crippen LogP contribution in [0.2, 0.25) is 13.3 Å². The molecule has 2 nitrogen and oxygen atoms in total. The first kappa shape index (κ1) is 15.0. The van der Waals surface area contributed by atoms with E-state index in [0.29, 0.717) is 0 Å². The molecule has 0 fully saturated rings. The molecule has 0 spiro atoms. The Balaban J connectivity index is 4.58. The van der Waals surface area contributed by atoms with Gasteiger partial charge in [-0.3, -0.25) is 0 Å². The number of hydrogen-bond acceptors (Lipinski definition) is 2. The third-order valence-corrected chi connectivity index (χ3v) is 16.5. The summed E-state index contributed by atoms with van der Waals surface area (Å²) in [4.78, 5) is 11.4. The average Bonchev–Trinajstić information content (AvgIpc) is 2.18. The summed E-state index contributed by atoms with van der Waals surface area (Å²) in [5.41, 5.74) is 0. The summed E-state index contributed by atoms with van der Waals surface area (Å²) in [6.07, 6.45) is 4.73. The van der Waals surface area contributed by atoms with Gasteiger partial charge in [-0.05, 0) is 0 Å². The average molecular weight is 319 g/mol. The molecule has 0 aromatic carbocycles. The minimum absolute atomic E-state index is 0.193. The van der Waals surface area contributed by atoms with Gasteiger partial charge in [0.25, 0.3) is 0 Å². The first-order valence-corrected chi connectivity index (χ1v) is 13.2. The summed E-state index contributed by atoms with van der Waals surface area (Å²) in [5, 5.41) is 0. The van der Waals surface area contributed by atoms with E-state index in [1.54, 1.807) is 0 Å². The molecule has 0 amide bonds. The molecular formula is C12H24O2Sn. The van der Waals surface area contributed by atoms with Gasteiger partial charge >= 0.3 is 98.6 Å². The van der Waals surface area contributed by atoms with E-state index < -0.39 is 18.8 Å². The summed E-state index contributed by atoms with van der Waals surface area (Å²) >= 11 is -2.60. The number of rotatable bonds is 8. The standard InChI is InChI=1S/C3H4O2.3C3H7.Sn/c1-2-3(4)5;3*1-3-2;/h2H,1H2,(H,4,5);3*1,3H2,2H3;/q;;;;+1/p-1. The van der Waals surface area contributed by atoms with Crippen molar-refractivity contribution in [3.05, 3.63) is 12.7 Å². The van der Waals surface area contributed by atoms with Crippen molar-refractivity contribution in [2.45, 2.75) is 53.3 Å². The van der Waals surface area contributed by atoms with Gasteiger partial charge in [-0.25, -0.2) is 0 Å². The molecule has 15 heavy (non-hydrogen) atoms. The maximum atomic E-state index is 11.4. The van der Waals surface area contributed by atoms with Gasteiger partial charge in [-0.2, -0.15) is 0 Å². The van der Waals surface area contributed by atoms with Crippen molar-refractivity contribution in [1.29, 1.82) is 0 Å². The zero-order valence-electron chi connectivity index (χ0n) is 10.3. The van der Waals surface area contributed by atoms with E-state index in [4.69, 9.17) is 3.07 Å². The molecule has 0 rings (SSSR count). The van der Waals surface area contributed by atoms with E-state index >= 15 is 0 Å². The Morgan fingerprint density at radius 2 is 1.53 bits per heavy atom. The Morgan fingerprint density at radius 1 is 1.13 bits per heavy atom. The monoisotopic (exact) mass is 320 g/mol. The fraction of sp³-hybridized carbons (Fsp3) is 0.750. The molecule has 0 saturated carbocycles. The summed E-state index contributed by atoms with van der Waals surface area (Å²) in [7, 11) is 0. The van der Waals surface area contributed by atoms with Gasteiger partial charge < -0.3 is 0 Å². The van der Waals surface area contributed by atoms with Crippen molar-refractivity contribution in [3.63, 3.8) is 0 Å². The Kier molecular flexibility index (Phi) is 8.20. The van der Waals surface area contributed by atoms with Crippen LogP contribution in [-0.4, -0.2) is 24.8 Å². The summed E-state index contributed by atoms with van der Waals surface area (Å²) in [5.74, 6) is -0.193. The van der Waals surface area contributed by atoms with E-state index in [0.717, 1.165) is 32.6 Å². The van der Waals surface area contributed by atoms with Gasteiger partial charge in [0.05, 0.1) is 0 Å². The molecule has 0 aliphatic carbocycles. The molecule has 0 aliphatic heterocycles. The fourth-order valence-corrected chi connectivity index (χ4v) is 14.4. The predicted molar refractivity (Wildman–Crippen MR) is 67.3 cm³/mol. The molecule has 0 heterocycles. The van der Waals surface area contributed by atoms with Crippen LogP contribution in [0.1, 0.15) is 40.0 Å². The Morgan fingerprint density at radius 3 is 1.80 bits per heavy atom. The van der Waals surface area contributed by atoms with Gasteiger partial charge in [0.15, 0.2) is 0 Å². The predicted octanol–water partition coefficient (Wildman–Crippen LogP) is 3.89. The van der Waals surface area contributed by atoms with Crippen LogP contribution in [0.15, 0.2) is 12.7 Å². The van der Waals surface area contributed by atoms with E-state index in [2.05, 4.69) is 27.4 Å². The molecule has 0 atom stereocenters. The van der Waals surface area contributed by atoms with Crippen molar-refractivity contribution in [2.24, 2.45) is 0 Å². The van der Waals surface area contributed by atoms with Crippen LogP contribution < -0.4 is 0 Å². The molecule has 0 bridgehead atoms. The molecule has 0 N–H and O–H groups in total. The molecule has 0 aliphatic rings. The van der Waals surface area contributed by atoms with Crippen LogP contribution in [0.25, 0.3) is 0 Å². The fourth-order valence-electron chi connectivity index (χ4n) is 2.15. The van der Waals surface area contributed by atoms with Crippen LogP contribution in [0.5, 0.6) is 0 Å². The zero-order chi connectivity index (χ0) is 11.7. The number of carbonyl (C=O) groups is 1. The normalized spacial score (nSPS) is 11.1. The molecule has 3 heteroatoms. The maximum absolute atomic E-state index is 11.4. The third-order valence-electron chi connectivity index (χ3n) is 2.60. The first-order valence-electron chi connectivity index (χ1n) is 5.99. The second-order valence-electron chi connectivity index (χ2n) is 4.06. The molecule has 0 aromatic heterocycles. The van der Waals surface area contributed by atoms with E-state index in [-0.39, 0.29) is 5.97 Å². The van der Waals surface area contributed by atoms with Crippen molar-refractivity contribution < 1.29 is 7.87 Å². The van der Waals surface area contributed by atoms with Gasteiger partial charge in [-0.15, -0.1) is 0 Å². The SMILES string of the molecule is C=CC(=O)[O][Sn]([CH2]CC)([CH2]CC)[CH2]CC. The second-order valence-corrected chi connectivity index (χ2v) is 15.7. The van der Waals surface area contributed by atoms with Crippen molar-refractivity contribution in [1.82, 2.24) is 0 Å². The van der Waals surface area contributed by atoms with E-state index in [9.17, 15) is 4.79 Å². The van der Waals surface area contributed by atoms with Gasteiger partial charge in [0.1, 0.15) is 0 Å². The van der Waals surface area contributed by atoms with Gasteiger partial charge in [-0.1, -0.05) is 0 Å². The van der Waals surface area contributed by atoms with Gasteiger partial charge in [0, 0.05) is 0 Å². The zero-order valence-corrected chi connectivity index (χ0v) is 13.2. The van der Waals surface area contributed by atoms with Crippen LogP contribution in [0, 0.1) is 0 Å². The number of carbonyl (C=O) groups excluding carboxylic acids is 1. The minimum atomic E-state index is -2.60. The van der Waals surface area contributed by atoms with E-state index in [1.807, 2.05) is 0 Å². The quantitative estimate of drug-likeness (QED) is 0.501. The summed E-state index contributed by atoms with van der Waals surface area (Å²) < 4.78 is 9.25. The molecular weight excluding hydrogens is 295 g/mol. The van der Waals surface area contributed by atoms with Crippen LogP contribution in [0.4, 0.5) is 0 Å². The Bertz CT molecular complexity index is 185. The molecule has 0 aromatic rings. The topological polar surface area (TPSA) is 26.3 Å². The van der Waals surface area contributed by atoms with Crippen LogP contribution >= 0.6 is 0 Å².